The van der Waals surface area contributed by atoms with Gasteiger partial charge in [0.2, 0.25) is 0 Å². The fraction of sp³-hybridized carbons (Fsp3) is 0.812. The second kappa shape index (κ2) is 42.9. The van der Waals surface area contributed by atoms with E-state index < -0.39 is 59.3 Å². The van der Waals surface area contributed by atoms with E-state index in [9.17, 15) is 0 Å². The summed E-state index contributed by atoms with van der Waals surface area (Å²) in [5.41, 5.74) is 1.03. The molecule has 0 bridgehead atoms. The minimum atomic E-state index is -0.543. The van der Waals surface area contributed by atoms with Crippen LogP contribution < -0.4 is 23.7 Å². The second-order valence-electron chi connectivity index (χ2n) is 11.7. The van der Waals surface area contributed by atoms with Crippen molar-refractivity contribution in [3.63, 3.8) is 0 Å². The van der Waals surface area contributed by atoms with Gasteiger partial charge in [-0.25, -0.2) is 0 Å². The van der Waals surface area contributed by atoms with Crippen LogP contribution in [0.15, 0.2) is 30.3 Å². The molecule has 4 fully saturated rings. The van der Waals surface area contributed by atoms with Crippen LogP contribution in [0.1, 0.15) is 51.4 Å². The van der Waals surface area contributed by atoms with Gasteiger partial charge in [-0.15, -0.1) is 0 Å². The summed E-state index contributed by atoms with van der Waals surface area (Å²) in [4.78, 5) is 22.9. The molecule has 1 aromatic rings. The van der Waals surface area contributed by atoms with Crippen LogP contribution in [0, 0.1) is 0 Å². The molecule has 4 aliphatic heterocycles. The smallest absolute Gasteiger partial charge is 1.00 e. The fourth-order valence-corrected chi connectivity index (χ4v) is 2.70. The van der Waals surface area contributed by atoms with Gasteiger partial charge < -0.3 is 31.7 Å². The van der Waals surface area contributed by atoms with Crippen molar-refractivity contribution in [1.82, 2.24) is 0 Å². The largest absolute Gasteiger partial charge is 1.00 e. The average Bonchev–Trinajstić information content (AvgIpc) is 3.76. The molecule has 6 radical (unpaired) electrons. The first-order valence-corrected chi connectivity index (χ1v) is 41.3. The van der Waals surface area contributed by atoms with Gasteiger partial charge >= 0.3 is 123 Å². The van der Waals surface area contributed by atoms with E-state index in [1.54, 1.807) is 4.81 Å². The standard InChI is InChI=1S/C7H8BN.4C4H8O.9CH3.Li.3Sn/c1-9(8)7-5-3-2-4-6-7;4*1-2-4-5-3-1;;;;;;;;;;;;;/h2-6H,1H3;4*1-4H2;9*1H3;;;;/q-1;;;;;;;;;;;;;;+1;;;. The van der Waals surface area contributed by atoms with Crippen LogP contribution >= 0.6 is 0 Å². The summed E-state index contributed by atoms with van der Waals surface area (Å²) in [6.45, 7) is 8.00. The number of para-hydroxylation sites is 1. The van der Waals surface area contributed by atoms with Crippen molar-refractivity contribution in [2.75, 3.05) is 64.7 Å². The monoisotopic (exact) mass is 907 g/mol. The van der Waals surface area contributed by atoms with E-state index in [0.29, 0.717) is 0 Å². The van der Waals surface area contributed by atoms with Crippen LogP contribution in [0.3, 0.4) is 0 Å². The summed E-state index contributed by atoms with van der Waals surface area (Å²) in [6, 6.07) is 9.80. The summed E-state index contributed by atoms with van der Waals surface area (Å²) >= 11 is -1.63. The Balaban J connectivity index is -0.000000200. The third kappa shape index (κ3) is 61.0. The maximum absolute atomic E-state index is 5.45. The summed E-state index contributed by atoms with van der Waals surface area (Å²) in [7, 11) is 7.26. The predicted molar refractivity (Wildman–Crippen MR) is 191 cm³/mol. The molecule has 0 unspecified atom stereocenters. The van der Waals surface area contributed by atoms with Gasteiger partial charge in [0.1, 0.15) is 0 Å². The molecule has 42 heavy (non-hydrogen) atoms. The molecule has 10 heteroatoms. The molecular weight excluding hydrogens is 836 g/mol. The van der Waals surface area contributed by atoms with Crippen molar-refractivity contribution in [2.45, 2.75) is 95.8 Å². The molecular formula is C32H67BLiNO4Sn3. The van der Waals surface area contributed by atoms with E-state index in [1.807, 2.05) is 37.4 Å². The molecule has 0 N–H and O–H groups in total. The van der Waals surface area contributed by atoms with Crippen molar-refractivity contribution < 1.29 is 37.8 Å². The molecule has 0 aliphatic carbocycles. The number of benzene rings is 1. The number of hydrogen-bond acceptors (Lipinski definition) is 5. The minimum Gasteiger partial charge on any atom is 1.00 e. The molecule has 0 spiro atoms. The third-order valence-electron chi connectivity index (χ3n) is 4.47. The Hall–Kier alpha value is 1.92. The van der Waals surface area contributed by atoms with Crippen LogP contribution in [0.4, 0.5) is 5.69 Å². The number of rotatable bonds is 1. The molecule has 1 aromatic carbocycles. The first-order valence-electron chi connectivity index (χ1n) is 15.6. The Morgan fingerprint density at radius 1 is 0.476 bits per heavy atom. The molecule has 4 aliphatic rings. The zero-order valence-corrected chi connectivity index (χ0v) is 38.4. The van der Waals surface area contributed by atoms with Gasteiger partial charge in [0, 0.05) is 52.9 Å². The van der Waals surface area contributed by atoms with E-state index in [1.165, 1.54) is 51.4 Å². The van der Waals surface area contributed by atoms with Gasteiger partial charge in [-0.2, -0.15) is 0 Å². The zero-order chi connectivity index (χ0) is 31.6. The first kappa shape index (κ1) is 50.8. The quantitative estimate of drug-likeness (QED) is 0.349. The molecule has 5 nitrogen and oxygen atoms in total. The van der Waals surface area contributed by atoms with Crippen molar-refractivity contribution in [3.05, 3.63) is 30.3 Å². The van der Waals surface area contributed by atoms with E-state index in [2.05, 4.69) is 44.5 Å². The number of hydrogen-bond donors (Lipinski definition) is 0. The molecule has 5 rings (SSSR count). The van der Waals surface area contributed by atoms with Gasteiger partial charge in [0.15, 0.2) is 0 Å². The number of anilines is 1. The van der Waals surface area contributed by atoms with Crippen LogP contribution in [0.2, 0.25) is 44.5 Å². The Morgan fingerprint density at radius 2 is 0.667 bits per heavy atom. The summed E-state index contributed by atoms with van der Waals surface area (Å²) in [6.07, 6.45) is 10.2. The summed E-state index contributed by atoms with van der Waals surface area (Å²) in [5, 5.41) is 0. The first-order chi connectivity index (χ1) is 19.5. The number of ether oxygens (including phenoxy) is 4. The summed E-state index contributed by atoms with van der Waals surface area (Å²) in [5.74, 6) is 0. The molecule has 0 aromatic heterocycles. The Kier molecular flexibility index (Phi) is 51.9. The van der Waals surface area contributed by atoms with E-state index in [0.717, 1.165) is 58.5 Å². The maximum atomic E-state index is 5.45. The third-order valence-corrected chi connectivity index (χ3v) is 4.47. The van der Waals surface area contributed by atoms with Crippen LogP contribution in [-0.4, -0.2) is 127 Å². The maximum Gasteiger partial charge on any atom is 1.00 e. The Morgan fingerprint density at radius 3 is 0.762 bits per heavy atom. The normalized spacial score (nSPS) is 16.0. The van der Waals surface area contributed by atoms with E-state index in [-0.39, 0.29) is 18.9 Å². The van der Waals surface area contributed by atoms with Crippen molar-refractivity contribution >= 4 is 72.9 Å². The zero-order valence-electron chi connectivity index (χ0n) is 29.9. The average molecular weight is 904 g/mol. The molecule has 240 valence electrons. The predicted octanol–water partition coefficient (Wildman–Crippen LogP) is 5.51. The van der Waals surface area contributed by atoms with E-state index in [4.69, 9.17) is 26.9 Å². The van der Waals surface area contributed by atoms with Crippen LogP contribution in [0.25, 0.3) is 0 Å². The summed E-state index contributed by atoms with van der Waals surface area (Å²) < 4.78 is 19.8. The molecule has 4 saturated heterocycles. The SMILES string of the molecule is C1CCOC1.C1CCOC1.C1CCOC1.C1CCOC1.[B-]N(C)c1ccccc1.[CH3][Sn]([CH3])[CH3].[CH3][Sn]([CH3])[CH3].[CH3][Sn]([CH3])[CH3].[Li+]. The Labute approximate surface area is 298 Å². The van der Waals surface area contributed by atoms with Gasteiger partial charge in [-0.3, -0.25) is 0 Å². The van der Waals surface area contributed by atoms with Gasteiger partial charge in [0.25, 0.3) is 0 Å². The topological polar surface area (TPSA) is 40.2 Å². The molecule has 0 saturated carbocycles. The van der Waals surface area contributed by atoms with Crippen molar-refractivity contribution in [3.8, 4) is 0 Å². The fourth-order valence-electron chi connectivity index (χ4n) is 2.70. The Bertz CT molecular complexity index is 483. The number of nitrogens with zero attached hydrogens (tertiary/aromatic N) is 1. The second-order valence-corrected chi connectivity index (χ2v) is 37.4. The molecule has 4 heterocycles. The van der Waals surface area contributed by atoms with Crippen LogP contribution in [-0.2, 0) is 18.9 Å². The molecule has 0 amide bonds. The van der Waals surface area contributed by atoms with Crippen molar-refractivity contribution in [1.29, 1.82) is 0 Å². The van der Waals surface area contributed by atoms with Gasteiger partial charge in [0.05, 0.1) is 0 Å². The molecule has 0 atom stereocenters. The van der Waals surface area contributed by atoms with Gasteiger partial charge in [-0.1, -0.05) is 18.2 Å². The van der Waals surface area contributed by atoms with Crippen molar-refractivity contribution in [2.24, 2.45) is 0 Å². The minimum absolute atomic E-state index is 0. The van der Waals surface area contributed by atoms with Gasteiger partial charge in [-0.05, 0) is 76.2 Å². The van der Waals surface area contributed by atoms with Crippen LogP contribution in [0.5, 0.6) is 0 Å². The van der Waals surface area contributed by atoms with E-state index >= 15 is 0 Å².